The Hall–Kier alpha value is -1.04. The Morgan fingerprint density at radius 2 is 2.45 bits per heavy atom. The van der Waals surface area contributed by atoms with Crippen LogP contribution in [0.25, 0.3) is 0 Å². The first-order valence-electron chi connectivity index (χ1n) is 3.89. The van der Waals surface area contributed by atoms with Crippen molar-refractivity contribution in [2.45, 2.75) is 19.8 Å². The molecule has 1 heterocycles. The van der Waals surface area contributed by atoms with Gasteiger partial charge in [0.15, 0.2) is 0 Å². The minimum atomic E-state index is 0.0626. The normalized spacial score (nSPS) is 24.4. The molecule has 0 aromatic rings. The Bertz CT molecular complexity index is 195. The van der Waals surface area contributed by atoms with Crippen molar-refractivity contribution in [3.63, 3.8) is 0 Å². The number of nitriles is 1. The van der Waals surface area contributed by atoms with E-state index in [1.54, 1.807) is 11.8 Å². The molecule has 11 heavy (non-hydrogen) atoms. The van der Waals surface area contributed by atoms with Gasteiger partial charge in [0, 0.05) is 20.0 Å². The Morgan fingerprint density at radius 3 is 3.00 bits per heavy atom. The average Bonchev–Trinajstić information content (AvgIpc) is 2.05. The third-order valence-corrected chi connectivity index (χ3v) is 2.05. The van der Waals surface area contributed by atoms with Crippen molar-refractivity contribution >= 4 is 5.91 Å². The van der Waals surface area contributed by atoms with Gasteiger partial charge in [-0.15, -0.1) is 0 Å². The van der Waals surface area contributed by atoms with Gasteiger partial charge in [0.1, 0.15) is 0 Å². The maximum absolute atomic E-state index is 10.9. The second-order valence-corrected chi connectivity index (χ2v) is 2.93. The van der Waals surface area contributed by atoms with Crippen LogP contribution < -0.4 is 0 Å². The molecule has 1 atom stereocenters. The second-order valence-electron chi connectivity index (χ2n) is 2.93. The van der Waals surface area contributed by atoms with Crippen LogP contribution in [-0.2, 0) is 4.79 Å². The van der Waals surface area contributed by atoms with E-state index in [9.17, 15) is 4.79 Å². The average molecular weight is 152 g/mol. The highest BCUT2D eigenvalue weighted by atomic mass is 16.2. The van der Waals surface area contributed by atoms with E-state index < -0.39 is 0 Å². The van der Waals surface area contributed by atoms with E-state index in [1.165, 1.54) is 0 Å². The molecule has 0 unspecified atom stereocenters. The molecule has 0 spiro atoms. The summed E-state index contributed by atoms with van der Waals surface area (Å²) in [4.78, 5) is 12.6. The van der Waals surface area contributed by atoms with Crippen LogP contribution in [0.3, 0.4) is 0 Å². The van der Waals surface area contributed by atoms with E-state index in [0.717, 1.165) is 19.4 Å². The lowest BCUT2D eigenvalue weighted by molar-refractivity contribution is -0.130. The van der Waals surface area contributed by atoms with Gasteiger partial charge in [-0.25, -0.2) is 0 Å². The Kier molecular flexibility index (Phi) is 2.48. The summed E-state index contributed by atoms with van der Waals surface area (Å²) in [6, 6.07) is 2.19. The summed E-state index contributed by atoms with van der Waals surface area (Å²) in [6.45, 7) is 3.01. The highest BCUT2D eigenvalue weighted by molar-refractivity contribution is 5.73. The lowest BCUT2D eigenvalue weighted by atomic mass is 10.00. The van der Waals surface area contributed by atoms with Crippen molar-refractivity contribution in [3.05, 3.63) is 0 Å². The largest absolute Gasteiger partial charge is 0.342 e. The quantitative estimate of drug-likeness (QED) is 0.514. The summed E-state index contributed by atoms with van der Waals surface area (Å²) < 4.78 is 0. The fourth-order valence-corrected chi connectivity index (χ4v) is 1.37. The molecule has 1 amide bonds. The van der Waals surface area contributed by atoms with E-state index in [0.29, 0.717) is 6.54 Å². The molecule has 0 N–H and O–H groups in total. The summed E-state index contributed by atoms with van der Waals surface area (Å²) >= 11 is 0. The van der Waals surface area contributed by atoms with E-state index in [1.807, 2.05) is 0 Å². The van der Waals surface area contributed by atoms with Crippen LogP contribution in [0.4, 0.5) is 0 Å². The Labute approximate surface area is 66.6 Å². The first-order chi connectivity index (χ1) is 5.24. The maximum atomic E-state index is 10.9. The fraction of sp³-hybridized carbons (Fsp3) is 0.750. The van der Waals surface area contributed by atoms with Crippen LogP contribution in [-0.4, -0.2) is 23.9 Å². The van der Waals surface area contributed by atoms with Crippen LogP contribution >= 0.6 is 0 Å². The lowest BCUT2D eigenvalue weighted by Gasteiger charge is -2.28. The highest BCUT2D eigenvalue weighted by Crippen LogP contribution is 2.14. The molecule has 0 bridgehead atoms. The molecule has 0 aromatic heterocycles. The molecule has 0 radical (unpaired) electrons. The summed E-state index contributed by atoms with van der Waals surface area (Å²) in [5.74, 6) is 0.151. The number of piperidine rings is 1. The first kappa shape index (κ1) is 8.06. The molecule has 1 aliphatic rings. The maximum Gasteiger partial charge on any atom is 0.219 e. The van der Waals surface area contributed by atoms with Gasteiger partial charge in [-0.3, -0.25) is 4.79 Å². The van der Waals surface area contributed by atoms with Crippen molar-refractivity contribution in [3.8, 4) is 6.07 Å². The predicted octanol–water partition coefficient (Wildman–Crippen LogP) is 0.768. The highest BCUT2D eigenvalue weighted by Gasteiger charge is 2.20. The molecule has 3 heteroatoms. The van der Waals surface area contributed by atoms with Crippen molar-refractivity contribution in [2.75, 3.05) is 13.1 Å². The van der Waals surface area contributed by atoms with Crippen LogP contribution in [0.15, 0.2) is 0 Å². The molecule has 1 rings (SSSR count). The number of amides is 1. The van der Waals surface area contributed by atoms with E-state index in [-0.39, 0.29) is 11.8 Å². The van der Waals surface area contributed by atoms with Gasteiger partial charge < -0.3 is 4.90 Å². The SMILES string of the molecule is CC(=O)N1CCC[C@@H](C#N)C1. The lowest BCUT2D eigenvalue weighted by Crippen LogP contribution is -2.37. The molecule has 0 aromatic carbocycles. The number of carbonyl (C=O) groups excluding carboxylic acids is 1. The van der Waals surface area contributed by atoms with Crippen molar-refractivity contribution in [1.29, 1.82) is 5.26 Å². The topological polar surface area (TPSA) is 44.1 Å². The predicted molar refractivity (Wildman–Crippen MR) is 40.6 cm³/mol. The fourth-order valence-electron chi connectivity index (χ4n) is 1.37. The van der Waals surface area contributed by atoms with E-state index in [2.05, 4.69) is 6.07 Å². The monoisotopic (exact) mass is 152 g/mol. The van der Waals surface area contributed by atoms with Gasteiger partial charge in [-0.2, -0.15) is 5.26 Å². The third-order valence-electron chi connectivity index (χ3n) is 2.05. The molecular weight excluding hydrogens is 140 g/mol. The number of hydrogen-bond acceptors (Lipinski definition) is 2. The van der Waals surface area contributed by atoms with E-state index in [4.69, 9.17) is 5.26 Å². The molecule has 0 saturated carbocycles. The van der Waals surface area contributed by atoms with Crippen LogP contribution in [0.2, 0.25) is 0 Å². The van der Waals surface area contributed by atoms with Crippen LogP contribution in [0.1, 0.15) is 19.8 Å². The Morgan fingerprint density at radius 1 is 1.73 bits per heavy atom. The molecule has 3 nitrogen and oxygen atoms in total. The molecule has 0 aliphatic carbocycles. The third kappa shape index (κ3) is 1.94. The second kappa shape index (κ2) is 3.38. The molecular formula is C8H12N2O. The van der Waals surface area contributed by atoms with Gasteiger partial charge in [0.2, 0.25) is 5.91 Å². The first-order valence-corrected chi connectivity index (χ1v) is 3.89. The minimum Gasteiger partial charge on any atom is -0.342 e. The molecule has 60 valence electrons. The zero-order valence-corrected chi connectivity index (χ0v) is 6.71. The van der Waals surface area contributed by atoms with Gasteiger partial charge in [0.05, 0.1) is 12.0 Å². The zero-order valence-electron chi connectivity index (χ0n) is 6.71. The van der Waals surface area contributed by atoms with E-state index >= 15 is 0 Å². The number of carbonyl (C=O) groups is 1. The van der Waals surface area contributed by atoms with Gasteiger partial charge in [0.25, 0.3) is 0 Å². The summed E-state index contributed by atoms with van der Waals surface area (Å²) in [6.07, 6.45) is 1.91. The molecule has 1 aliphatic heterocycles. The Balaban J connectivity index is 2.47. The number of nitrogens with zero attached hydrogens (tertiary/aromatic N) is 2. The zero-order chi connectivity index (χ0) is 8.27. The van der Waals surface area contributed by atoms with Crippen molar-refractivity contribution in [1.82, 2.24) is 4.90 Å². The van der Waals surface area contributed by atoms with Crippen LogP contribution in [0.5, 0.6) is 0 Å². The smallest absolute Gasteiger partial charge is 0.219 e. The summed E-state index contributed by atoms with van der Waals surface area (Å²) in [5, 5.41) is 8.60. The minimum absolute atomic E-state index is 0.0626. The van der Waals surface area contributed by atoms with Crippen molar-refractivity contribution < 1.29 is 4.79 Å². The summed E-state index contributed by atoms with van der Waals surface area (Å²) in [5.41, 5.74) is 0. The van der Waals surface area contributed by atoms with Gasteiger partial charge in [-0.1, -0.05) is 0 Å². The molecule has 1 saturated heterocycles. The van der Waals surface area contributed by atoms with Gasteiger partial charge in [-0.05, 0) is 12.8 Å². The summed E-state index contributed by atoms with van der Waals surface area (Å²) in [7, 11) is 0. The van der Waals surface area contributed by atoms with Crippen molar-refractivity contribution in [2.24, 2.45) is 5.92 Å². The number of rotatable bonds is 0. The number of hydrogen-bond donors (Lipinski definition) is 0. The van der Waals surface area contributed by atoms with Gasteiger partial charge >= 0.3 is 0 Å². The van der Waals surface area contributed by atoms with Crippen LogP contribution in [0, 0.1) is 17.2 Å². The molecule has 1 fully saturated rings. The number of likely N-dealkylation sites (tertiary alicyclic amines) is 1. The standard InChI is InChI=1S/C8H12N2O/c1-7(11)10-4-2-3-8(5-9)6-10/h8H,2-4,6H2,1H3/t8-/m0/s1.